The van der Waals surface area contributed by atoms with Crippen LogP contribution in [0.15, 0.2) is 29.2 Å². The van der Waals surface area contributed by atoms with Crippen molar-refractivity contribution in [3.05, 3.63) is 29.3 Å². The molecule has 0 saturated heterocycles. The van der Waals surface area contributed by atoms with Crippen LogP contribution in [-0.2, 0) is 10.8 Å². The molecule has 1 rings (SSSR count). The van der Waals surface area contributed by atoms with Crippen molar-refractivity contribution in [2.45, 2.75) is 11.3 Å². The van der Waals surface area contributed by atoms with Crippen molar-refractivity contribution >= 4 is 22.4 Å². The second kappa shape index (κ2) is 6.17. The second-order valence-corrected chi connectivity index (χ2v) is 4.97. The molecule has 0 aliphatic rings. The Kier molecular flexibility index (Phi) is 5.15. The van der Waals surface area contributed by atoms with Gasteiger partial charge in [-0.2, -0.15) is 0 Å². The third kappa shape index (κ3) is 3.78. The summed E-state index contributed by atoms with van der Waals surface area (Å²) in [7, 11) is 1.00. The van der Waals surface area contributed by atoms with Gasteiger partial charge in [0, 0.05) is 15.7 Å². The minimum absolute atomic E-state index is 0.681. The molecule has 1 aromatic carbocycles. The summed E-state index contributed by atoms with van der Waals surface area (Å²) in [5, 5.41) is 3.71. The first kappa shape index (κ1) is 11.7. The van der Waals surface area contributed by atoms with Gasteiger partial charge in [0.05, 0.1) is 10.8 Å². The standard InChI is InChI=1S/C10H14ClNOS/c1-12-7-2-8-14(13)10-5-3-9(11)4-6-10/h3-6,12H,2,7-8H2,1H3. The van der Waals surface area contributed by atoms with Gasteiger partial charge < -0.3 is 5.32 Å². The van der Waals surface area contributed by atoms with Gasteiger partial charge in [-0.15, -0.1) is 0 Å². The number of hydrogen-bond acceptors (Lipinski definition) is 2. The molecule has 2 nitrogen and oxygen atoms in total. The van der Waals surface area contributed by atoms with E-state index in [0.717, 1.165) is 17.9 Å². The van der Waals surface area contributed by atoms with Gasteiger partial charge in [-0.1, -0.05) is 11.6 Å². The molecule has 0 aromatic heterocycles. The highest BCUT2D eigenvalue weighted by molar-refractivity contribution is 7.85. The maximum atomic E-state index is 11.7. The van der Waals surface area contributed by atoms with Crippen LogP contribution in [0.4, 0.5) is 0 Å². The van der Waals surface area contributed by atoms with Gasteiger partial charge in [0.15, 0.2) is 0 Å². The Labute approximate surface area is 92.1 Å². The lowest BCUT2D eigenvalue weighted by molar-refractivity contribution is 0.677. The van der Waals surface area contributed by atoms with Crippen molar-refractivity contribution in [3.63, 3.8) is 0 Å². The van der Waals surface area contributed by atoms with Crippen molar-refractivity contribution in [2.75, 3.05) is 19.3 Å². The third-order valence-corrected chi connectivity index (χ3v) is 3.54. The van der Waals surface area contributed by atoms with Crippen LogP contribution < -0.4 is 5.32 Å². The Morgan fingerprint density at radius 1 is 1.36 bits per heavy atom. The monoisotopic (exact) mass is 231 g/mol. The molecule has 0 amide bonds. The summed E-state index contributed by atoms with van der Waals surface area (Å²) in [5.74, 6) is 0.697. The minimum Gasteiger partial charge on any atom is -0.320 e. The predicted molar refractivity (Wildman–Crippen MR) is 61.3 cm³/mol. The number of benzene rings is 1. The van der Waals surface area contributed by atoms with E-state index in [1.807, 2.05) is 19.2 Å². The zero-order chi connectivity index (χ0) is 10.4. The van der Waals surface area contributed by atoms with Crippen LogP contribution >= 0.6 is 11.6 Å². The number of rotatable bonds is 5. The van der Waals surface area contributed by atoms with Crippen molar-refractivity contribution in [2.24, 2.45) is 0 Å². The van der Waals surface area contributed by atoms with Gasteiger partial charge in [0.2, 0.25) is 0 Å². The maximum absolute atomic E-state index is 11.7. The van der Waals surface area contributed by atoms with Gasteiger partial charge in [-0.25, -0.2) is 0 Å². The lowest BCUT2D eigenvalue weighted by Crippen LogP contribution is -2.11. The van der Waals surface area contributed by atoms with E-state index in [9.17, 15) is 4.21 Å². The van der Waals surface area contributed by atoms with E-state index in [-0.39, 0.29) is 0 Å². The fourth-order valence-corrected chi connectivity index (χ4v) is 2.29. The summed E-state index contributed by atoms with van der Waals surface area (Å²) in [6.45, 7) is 0.902. The van der Waals surface area contributed by atoms with Gasteiger partial charge in [-0.3, -0.25) is 4.21 Å². The molecule has 4 heteroatoms. The molecule has 0 heterocycles. The fourth-order valence-electron chi connectivity index (χ4n) is 1.08. The Morgan fingerprint density at radius 2 is 2.00 bits per heavy atom. The van der Waals surface area contributed by atoms with Crippen LogP contribution in [0.5, 0.6) is 0 Å². The number of nitrogens with one attached hydrogen (secondary N) is 1. The minimum atomic E-state index is -0.892. The molecule has 0 bridgehead atoms. The molecule has 1 unspecified atom stereocenters. The molecule has 0 fully saturated rings. The molecule has 0 radical (unpaired) electrons. The quantitative estimate of drug-likeness (QED) is 0.786. The summed E-state index contributed by atoms with van der Waals surface area (Å²) in [6.07, 6.45) is 0.922. The Hall–Kier alpha value is -0.380. The van der Waals surface area contributed by atoms with Gasteiger partial charge >= 0.3 is 0 Å². The first-order chi connectivity index (χ1) is 6.74. The lowest BCUT2D eigenvalue weighted by atomic mass is 10.4. The lowest BCUT2D eigenvalue weighted by Gasteiger charge is -2.01. The smallest absolute Gasteiger partial charge is 0.0529 e. The highest BCUT2D eigenvalue weighted by atomic mass is 35.5. The molecule has 1 atom stereocenters. The zero-order valence-electron chi connectivity index (χ0n) is 8.13. The first-order valence-corrected chi connectivity index (χ1v) is 6.22. The largest absolute Gasteiger partial charge is 0.320 e. The van der Waals surface area contributed by atoms with Gasteiger partial charge in [-0.05, 0) is 44.3 Å². The third-order valence-electron chi connectivity index (χ3n) is 1.83. The van der Waals surface area contributed by atoms with Crippen LogP contribution in [0.3, 0.4) is 0 Å². The second-order valence-electron chi connectivity index (χ2n) is 2.96. The topological polar surface area (TPSA) is 29.1 Å². The summed E-state index contributed by atoms with van der Waals surface area (Å²) >= 11 is 5.73. The van der Waals surface area contributed by atoms with Crippen molar-refractivity contribution in [1.82, 2.24) is 5.32 Å². The highest BCUT2D eigenvalue weighted by Gasteiger charge is 2.02. The van der Waals surface area contributed by atoms with Gasteiger partial charge in [0.1, 0.15) is 0 Å². The molecule has 1 N–H and O–H groups in total. The van der Waals surface area contributed by atoms with Gasteiger partial charge in [0.25, 0.3) is 0 Å². The average Bonchev–Trinajstić information content (AvgIpc) is 2.19. The maximum Gasteiger partial charge on any atom is 0.0529 e. The molecule has 0 spiro atoms. The van der Waals surface area contributed by atoms with Crippen LogP contribution in [0.1, 0.15) is 6.42 Å². The summed E-state index contributed by atoms with van der Waals surface area (Å²) in [4.78, 5) is 0.852. The number of halogens is 1. The van der Waals surface area contributed by atoms with E-state index < -0.39 is 10.8 Å². The van der Waals surface area contributed by atoms with Crippen molar-refractivity contribution in [3.8, 4) is 0 Å². The average molecular weight is 232 g/mol. The normalized spacial score (nSPS) is 12.7. The van der Waals surface area contributed by atoms with Crippen molar-refractivity contribution in [1.29, 1.82) is 0 Å². The molecule has 0 aliphatic carbocycles. The SMILES string of the molecule is CNCCCS(=O)c1ccc(Cl)cc1. The van der Waals surface area contributed by atoms with E-state index in [0.29, 0.717) is 10.8 Å². The van der Waals surface area contributed by atoms with E-state index in [2.05, 4.69) is 5.32 Å². The van der Waals surface area contributed by atoms with E-state index in [1.165, 1.54) is 0 Å². The molecule has 0 aliphatic heterocycles. The van der Waals surface area contributed by atoms with Crippen LogP contribution in [0.25, 0.3) is 0 Å². The summed E-state index contributed by atoms with van der Waals surface area (Å²) in [6, 6.07) is 7.18. The fraction of sp³-hybridized carbons (Fsp3) is 0.400. The Bertz CT molecular complexity index is 299. The summed E-state index contributed by atoms with van der Waals surface area (Å²) < 4.78 is 11.7. The van der Waals surface area contributed by atoms with Crippen LogP contribution in [0.2, 0.25) is 5.02 Å². The first-order valence-electron chi connectivity index (χ1n) is 4.52. The van der Waals surface area contributed by atoms with E-state index in [4.69, 9.17) is 11.6 Å². The van der Waals surface area contributed by atoms with Crippen LogP contribution in [0, 0.1) is 0 Å². The van der Waals surface area contributed by atoms with E-state index >= 15 is 0 Å². The highest BCUT2D eigenvalue weighted by Crippen LogP contribution is 2.12. The molecule has 14 heavy (non-hydrogen) atoms. The Morgan fingerprint density at radius 3 is 2.57 bits per heavy atom. The van der Waals surface area contributed by atoms with Crippen LogP contribution in [-0.4, -0.2) is 23.6 Å². The molecule has 0 saturated carbocycles. The zero-order valence-corrected chi connectivity index (χ0v) is 9.70. The van der Waals surface area contributed by atoms with E-state index in [1.54, 1.807) is 12.1 Å². The molecular formula is C10H14ClNOS. The summed E-state index contributed by atoms with van der Waals surface area (Å²) in [5.41, 5.74) is 0. The molecular weight excluding hydrogens is 218 g/mol. The molecule has 78 valence electrons. The van der Waals surface area contributed by atoms with Crippen molar-refractivity contribution < 1.29 is 4.21 Å². The Balaban J connectivity index is 2.48. The predicted octanol–water partition coefficient (Wildman–Crippen LogP) is 2.06. The molecule has 1 aromatic rings. The number of hydrogen-bond donors (Lipinski definition) is 1.